The highest BCUT2D eigenvalue weighted by Crippen LogP contribution is 2.26. The van der Waals surface area contributed by atoms with Crippen molar-refractivity contribution in [2.75, 3.05) is 5.73 Å². The number of nitrogens with two attached hydrogens (primary N) is 1. The van der Waals surface area contributed by atoms with Gasteiger partial charge >= 0.3 is 11.9 Å². The highest BCUT2D eigenvalue weighted by atomic mass is 19.3. The molecule has 70 valence electrons. The van der Waals surface area contributed by atoms with Crippen LogP contribution in [0.3, 0.4) is 0 Å². The van der Waals surface area contributed by atoms with E-state index in [1.54, 1.807) is 0 Å². The number of carbonyl (C=O) groups is 1. The van der Waals surface area contributed by atoms with Gasteiger partial charge in [0.15, 0.2) is 0 Å². The number of carboxylic acid groups (broad SMARTS) is 1. The molecule has 1 aromatic heterocycles. The number of carboxylic acids is 1. The van der Waals surface area contributed by atoms with Crippen molar-refractivity contribution in [1.29, 1.82) is 0 Å². The summed E-state index contributed by atoms with van der Waals surface area (Å²) in [7, 11) is 0. The molecule has 0 radical (unpaired) electrons. The summed E-state index contributed by atoms with van der Waals surface area (Å²) < 4.78 is 25.4. The highest BCUT2D eigenvalue weighted by Gasteiger charge is 2.41. The number of halogens is 2. The van der Waals surface area contributed by atoms with Gasteiger partial charge in [0.2, 0.25) is 5.95 Å². The van der Waals surface area contributed by atoms with Crippen LogP contribution in [-0.4, -0.2) is 21.0 Å². The number of anilines is 1. The summed E-state index contributed by atoms with van der Waals surface area (Å²) in [5.74, 6) is -6.42. The largest absolute Gasteiger partial charge is 0.477 e. The van der Waals surface area contributed by atoms with E-state index in [-0.39, 0.29) is 5.95 Å². The van der Waals surface area contributed by atoms with Gasteiger partial charge in [-0.2, -0.15) is 8.78 Å². The zero-order valence-corrected chi connectivity index (χ0v) is 6.24. The van der Waals surface area contributed by atoms with E-state index >= 15 is 0 Å². The molecule has 0 aliphatic rings. The molecule has 3 N–H and O–H groups in total. The summed E-state index contributed by atoms with van der Waals surface area (Å²) in [5, 5.41) is 8.13. The van der Waals surface area contributed by atoms with Crippen molar-refractivity contribution >= 4 is 11.9 Å². The third-order valence-electron chi connectivity index (χ3n) is 1.30. The molecule has 0 fully saturated rings. The average molecular weight is 189 g/mol. The molecule has 0 spiro atoms. The van der Waals surface area contributed by atoms with Crippen LogP contribution in [0.4, 0.5) is 14.7 Å². The molecule has 13 heavy (non-hydrogen) atoms. The Balaban J connectivity index is 3.08. The lowest BCUT2D eigenvalue weighted by Crippen LogP contribution is -2.25. The van der Waals surface area contributed by atoms with Crippen LogP contribution < -0.4 is 5.73 Å². The van der Waals surface area contributed by atoms with Crippen molar-refractivity contribution < 1.29 is 18.7 Å². The molecule has 7 heteroatoms. The quantitative estimate of drug-likeness (QED) is 0.695. The monoisotopic (exact) mass is 189 g/mol. The first kappa shape index (κ1) is 9.30. The third kappa shape index (κ3) is 1.68. The van der Waals surface area contributed by atoms with Crippen molar-refractivity contribution in [3.05, 3.63) is 18.0 Å². The number of nitrogen functional groups attached to an aromatic ring is 1. The number of hydrogen-bond acceptors (Lipinski definition) is 4. The lowest BCUT2D eigenvalue weighted by molar-refractivity contribution is -0.166. The zero-order valence-electron chi connectivity index (χ0n) is 6.24. The Morgan fingerprint density at radius 2 is 1.92 bits per heavy atom. The number of alkyl halides is 2. The summed E-state index contributed by atoms with van der Waals surface area (Å²) in [5.41, 5.74) is 4.23. The molecule has 0 aliphatic carbocycles. The van der Waals surface area contributed by atoms with Gasteiger partial charge in [-0.3, -0.25) is 0 Å². The number of aliphatic carboxylic acids is 1. The first-order valence-electron chi connectivity index (χ1n) is 3.14. The fourth-order valence-corrected chi connectivity index (χ4v) is 0.624. The molecule has 0 amide bonds. The molecule has 0 atom stereocenters. The predicted octanol–water partition coefficient (Wildman–Crippen LogP) is 0.235. The molecule has 0 aliphatic heterocycles. The van der Waals surface area contributed by atoms with Crippen LogP contribution in [0.2, 0.25) is 0 Å². The van der Waals surface area contributed by atoms with E-state index in [1.807, 2.05) is 0 Å². The van der Waals surface area contributed by atoms with E-state index in [2.05, 4.69) is 9.97 Å². The number of rotatable bonds is 2. The predicted molar refractivity (Wildman–Crippen MR) is 38.0 cm³/mol. The third-order valence-corrected chi connectivity index (χ3v) is 1.30. The maximum Gasteiger partial charge on any atom is 0.379 e. The normalized spacial score (nSPS) is 11.2. The van der Waals surface area contributed by atoms with E-state index in [4.69, 9.17) is 10.8 Å². The van der Waals surface area contributed by atoms with Gasteiger partial charge in [0.25, 0.3) is 0 Å². The maximum absolute atomic E-state index is 12.7. The second-order valence-corrected chi connectivity index (χ2v) is 2.21. The summed E-state index contributed by atoms with van der Waals surface area (Å²) in [6, 6.07) is 0. The van der Waals surface area contributed by atoms with Crippen LogP contribution in [0, 0.1) is 0 Å². The molecule has 1 heterocycles. The second kappa shape index (κ2) is 2.92. The molecule has 0 bridgehead atoms. The van der Waals surface area contributed by atoms with Gasteiger partial charge in [-0.15, -0.1) is 0 Å². The maximum atomic E-state index is 12.7. The Bertz CT molecular complexity index is 325. The minimum atomic E-state index is -3.98. The fraction of sp³-hybridized carbons (Fsp3) is 0.167. The smallest absolute Gasteiger partial charge is 0.379 e. The van der Waals surface area contributed by atoms with Gasteiger partial charge in [-0.05, 0) is 0 Å². The van der Waals surface area contributed by atoms with E-state index in [0.29, 0.717) is 12.4 Å². The van der Waals surface area contributed by atoms with Crippen LogP contribution in [0.15, 0.2) is 12.4 Å². The Hall–Kier alpha value is -1.79. The van der Waals surface area contributed by atoms with E-state index < -0.39 is 17.5 Å². The van der Waals surface area contributed by atoms with Crippen molar-refractivity contribution in [3.63, 3.8) is 0 Å². The standard InChI is InChI=1S/C6H5F2N3O2/c7-6(8,4(12)13)3-1-10-5(9)11-2-3/h1-2H,(H,12,13)(H2,9,10,11). The lowest BCUT2D eigenvalue weighted by Gasteiger charge is -2.09. The molecule has 0 unspecified atom stereocenters. The van der Waals surface area contributed by atoms with Crippen LogP contribution in [0.1, 0.15) is 5.56 Å². The van der Waals surface area contributed by atoms with Crippen LogP contribution in [0.5, 0.6) is 0 Å². The second-order valence-electron chi connectivity index (χ2n) is 2.21. The Labute approximate surface area is 71.2 Å². The van der Waals surface area contributed by atoms with Gasteiger partial charge < -0.3 is 10.8 Å². The Morgan fingerprint density at radius 1 is 1.46 bits per heavy atom. The van der Waals surface area contributed by atoms with Crippen molar-refractivity contribution in [1.82, 2.24) is 9.97 Å². The van der Waals surface area contributed by atoms with Crippen molar-refractivity contribution in [2.24, 2.45) is 0 Å². The fourth-order valence-electron chi connectivity index (χ4n) is 0.624. The first-order valence-corrected chi connectivity index (χ1v) is 3.14. The van der Waals surface area contributed by atoms with E-state index in [1.165, 1.54) is 0 Å². The highest BCUT2D eigenvalue weighted by molar-refractivity contribution is 5.76. The number of nitrogens with zero attached hydrogens (tertiary/aromatic N) is 2. The molecule has 0 aromatic carbocycles. The van der Waals surface area contributed by atoms with E-state index in [9.17, 15) is 13.6 Å². The molecule has 0 saturated heterocycles. The summed E-state index contributed by atoms with van der Waals surface area (Å²) in [4.78, 5) is 16.6. The SMILES string of the molecule is Nc1ncc(C(F)(F)C(=O)O)cn1. The summed E-state index contributed by atoms with van der Waals surface area (Å²) in [6.45, 7) is 0. The molecule has 5 nitrogen and oxygen atoms in total. The first-order chi connectivity index (χ1) is 5.94. The molecular weight excluding hydrogens is 184 g/mol. The Kier molecular flexibility index (Phi) is 2.09. The Morgan fingerprint density at radius 3 is 2.31 bits per heavy atom. The topological polar surface area (TPSA) is 89.1 Å². The molecule has 1 aromatic rings. The van der Waals surface area contributed by atoms with Gasteiger partial charge in [0.1, 0.15) is 0 Å². The van der Waals surface area contributed by atoms with Crippen LogP contribution in [0.25, 0.3) is 0 Å². The molecule has 0 saturated carbocycles. The summed E-state index contributed by atoms with van der Waals surface area (Å²) in [6.07, 6.45) is 1.35. The average Bonchev–Trinajstić information content (AvgIpc) is 2.04. The summed E-state index contributed by atoms with van der Waals surface area (Å²) >= 11 is 0. The van der Waals surface area contributed by atoms with Crippen LogP contribution >= 0.6 is 0 Å². The van der Waals surface area contributed by atoms with Crippen molar-refractivity contribution in [3.8, 4) is 0 Å². The minimum absolute atomic E-state index is 0.190. The van der Waals surface area contributed by atoms with Gasteiger partial charge in [0.05, 0.1) is 5.56 Å². The number of hydrogen-bond donors (Lipinski definition) is 2. The van der Waals surface area contributed by atoms with Crippen molar-refractivity contribution in [2.45, 2.75) is 5.92 Å². The minimum Gasteiger partial charge on any atom is -0.477 e. The lowest BCUT2D eigenvalue weighted by atomic mass is 10.2. The molecular formula is C6H5F2N3O2. The van der Waals surface area contributed by atoms with Gasteiger partial charge in [-0.1, -0.05) is 0 Å². The van der Waals surface area contributed by atoms with E-state index in [0.717, 1.165) is 0 Å². The number of aromatic nitrogens is 2. The van der Waals surface area contributed by atoms with Gasteiger partial charge in [-0.25, -0.2) is 14.8 Å². The van der Waals surface area contributed by atoms with Crippen LogP contribution in [-0.2, 0) is 10.7 Å². The zero-order chi connectivity index (χ0) is 10.1. The van der Waals surface area contributed by atoms with Gasteiger partial charge in [0, 0.05) is 12.4 Å². The molecule has 1 rings (SSSR count).